The van der Waals surface area contributed by atoms with E-state index in [2.05, 4.69) is 11.8 Å². The van der Waals surface area contributed by atoms with Crippen LogP contribution in [0.4, 0.5) is 4.79 Å². The van der Waals surface area contributed by atoms with Gasteiger partial charge >= 0.3 is 6.09 Å². The molecular formula is C28H39ClN2O5. The molecule has 1 spiro atoms. The Kier molecular flexibility index (Phi) is 5.57. The number of phenols is 1. The van der Waals surface area contributed by atoms with Gasteiger partial charge in [-0.3, -0.25) is 9.80 Å². The minimum atomic E-state index is -0.981. The molecule has 1 saturated heterocycles. The van der Waals surface area contributed by atoms with Gasteiger partial charge < -0.3 is 20.1 Å². The van der Waals surface area contributed by atoms with Crippen LogP contribution in [0.5, 0.6) is 11.5 Å². The van der Waals surface area contributed by atoms with Gasteiger partial charge in [0, 0.05) is 23.7 Å². The highest BCUT2D eigenvalue weighted by Gasteiger charge is 2.74. The van der Waals surface area contributed by atoms with Crippen molar-refractivity contribution in [3.05, 3.63) is 23.3 Å². The van der Waals surface area contributed by atoms with Crippen molar-refractivity contribution in [1.82, 2.24) is 9.80 Å². The lowest BCUT2D eigenvalue weighted by molar-refractivity contribution is -0.203. The van der Waals surface area contributed by atoms with Crippen LogP contribution in [-0.2, 0) is 11.8 Å². The summed E-state index contributed by atoms with van der Waals surface area (Å²) in [5.74, 6) is 1.34. The summed E-state index contributed by atoms with van der Waals surface area (Å²) < 4.78 is 6.65. The van der Waals surface area contributed by atoms with E-state index < -0.39 is 28.8 Å². The van der Waals surface area contributed by atoms with Crippen LogP contribution in [0.25, 0.3) is 0 Å². The van der Waals surface area contributed by atoms with Crippen LogP contribution in [0.3, 0.4) is 0 Å². The fourth-order valence-corrected chi connectivity index (χ4v) is 9.05. The third kappa shape index (κ3) is 3.08. The number of amides is 1. The zero-order valence-corrected chi connectivity index (χ0v) is 21.9. The SMILES string of the molecule is CC1(N(C(=O)O)[C@H]2CC[C@@]3(O)[C@H]4Cc5ccc(O)c6c5[C@@]3(CCN4CC3CC3)[C@H]2O6)CCCCC1.Cl. The molecule has 6 aliphatic rings. The minimum Gasteiger partial charge on any atom is -0.504 e. The number of ether oxygens (including phenoxy) is 1. The molecule has 4 aliphatic carbocycles. The molecule has 36 heavy (non-hydrogen) atoms. The number of phenolic OH excluding ortho intramolecular Hbond substituents is 1. The van der Waals surface area contributed by atoms with E-state index >= 15 is 0 Å². The molecular weight excluding hydrogens is 480 g/mol. The molecule has 2 heterocycles. The van der Waals surface area contributed by atoms with Gasteiger partial charge in [-0.15, -0.1) is 12.4 Å². The first-order chi connectivity index (χ1) is 16.8. The van der Waals surface area contributed by atoms with Gasteiger partial charge in [-0.1, -0.05) is 25.3 Å². The molecule has 2 aliphatic heterocycles. The fraction of sp³-hybridized carbons (Fsp3) is 0.750. The number of aliphatic hydroxyl groups is 1. The lowest BCUT2D eigenvalue weighted by Crippen LogP contribution is -2.79. The first kappa shape index (κ1) is 24.6. The highest BCUT2D eigenvalue weighted by molar-refractivity contribution is 5.85. The van der Waals surface area contributed by atoms with Crippen LogP contribution in [0.15, 0.2) is 12.1 Å². The number of benzene rings is 1. The van der Waals surface area contributed by atoms with Crippen molar-refractivity contribution in [3.8, 4) is 11.5 Å². The average molecular weight is 519 g/mol. The molecule has 2 bridgehead atoms. The molecule has 198 valence electrons. The van der Waals surface area contributed by atoms with Crippen molar-refractivity contribution in [2.75, 3.05) is 13.1 Å². The normalized spacial score (nSPS) is 37.9. The summed E-state index contributed by atoms with van der Waals surface area (Å²) in [6.45, 7) is 4.03. The molecule has 8 heteroatoms. The second kappa shape index (κ2) is 8.15. The van der Waals surface area contributed by atoms with Crippen molar-refractivity contribution in [3.63, 3.8) is 0 Å². The highest BCUT2D eigenvalue weighted by Crippen LogP contribution is 2.66. The average Bonchev–Trinajstić information content (AvgIpc) is 3.56. The topological polar surface area (TPSA) is 93.5 Å². The van der Waals surface area contributed by atoms with Gasteiger partial charge in [0.1, 0.15) is 6.10 Å². The van der Waals surface area contributed by atoms with Crippen LogP contribution >= 0.6 is 12.4 Å². The zero-order chi connectivity index (χ0) is 24.2. The third-order valence-corrected chi connectivity index (χ3v) is 10.8. The molecule has 7 nitrogen and oxygen atoms in total. The number of likely N-dealkylation sites (tertiary alicyclic amines) is 1. The largest absolute Gasteiger partial charge is 0.504 e. The van der Waals surface area contributed by atoms with E-state index in [4.69, 9.17) is 4.74 Å². The number of hydrogen-bond acceptors (Lipinski definition) is 5. The summed E-state index contributed by atoms with van der Waals surface area (Å²) in [5, 5.41) is 34.1. The molecule has 0 aromatic heterocycles. The summed E-state index contributed by atoms with van der Waals surface area (Å²) in [6.07, 6.45) is 8.79. The summed E-state index contributed by atoms with van der Waals surface area (Å²) in [6, 6.07) is 3.40. The smallest absolute Gasteiger partial charge is 0.408 e. The van der Waals surface area contributed by atoms with Crippen molar-refractivity contribution in [2.24, 2.45) is 5.92 Å². The number of nitrogens with zero attached hydrogens (tertiary/aromatic N) is 2. The van der Waals surface area contributed by atoms with Gasteiger partial charge in [0.2, 0.25) is 0 Å². The molecule has 5 atom stereocenters. The van der Waals surface area contributed by atoms with Crippen molar-refractivity contribution >= 4 is 18.5 Å². The first-order valence-electron chi connectivity index (χ1n) is 13.8. The Bertz CT molecular complexity index is 1070. The Morgan fingerprint density at radius 1 is 1.14 bits per heavy atom. The van der Waals surface area contributed by atoms with Gasteiger partial charge in [0.15, 0.2) is 11.5 Å². The van der Waals surface area contributed by atoms with Crippen molar-refractivity contribution < 1.29 is 24.9 Å². The van der Waals surface area contributed by atoms with Crippen LogP contribution in [-0.4, -0.2) is 73.6 Å². The van der Waals surface area contributed by atoms with Gasteiger partial charge in [0.25, 0.3) is 0 Å². The van der Waals surface area contributed by atoms with Crippen LogP contribution in [0.1, 0.15) is 82.3 Å². The van der Waals surface area contributed by atoms with E-state index in [-0.39, 0.29) is 30.2 Å². The molecule has 1 amide bonds. The number of piperidine rings is 1. The second-order valence-corrected chi connectivity index (χ2v) is 12.6. The first-order valence-corrected chi connectivity index (χ1v) is 13.8. The number of carboxylic acid groups (broad SMARTS) is 1. The van der Waals surface area contributed by atoms with Crippen LogP contribution in [0, 0.1) is 5.92 Å². The molecule has 1 aromatic rings. The van der Waals surface area contributed by atoms with E-state index in [9.17, 15) is 20.1 Å². The highest BCUT2D eigenvalue weighted by atomic mass is 35.5. The standard InChI is InChI=1S/C28H38N2O5.ClH/c1-26(10-3-2-4-11-26)30(25(32)33)19-9-12-28(34)21-15-18-7-8-20(31)23-22(18)27(28,24(19)35-23)13-14-29(21)16-17-5-6-17;/h7-8,17,19,21,24,31,34H,2-6,9-16H2,1H3,(H,32,33);1H/t19-,21+,24-,27-,28+;/m0./s1. The zero-order valence-electron chi connectivity index (χ0n) is 21.1. The van der Waals surface area contributed by atoms with Gasteiger partial charge in [0.05, 0.1) is 17.1 Å². The van der Waals surface area contributed by atoms with E-state index in [1.54, 1.807) is 11.0 Å². The third-order valence-electron chi connectivity index (χ3n) is 10.8. The predicted octanol–water partition coefficient (Wildman–Crippen LogP) is 4.45. The predicted molar refractivity (Wildman–Crippen MR) is 137 cm³/mol. The number of aromatic hydroxyl groups is 1. The van der Waals surface area contributed by atoms with Gasteiger partial charge in [-0.05, 0) is 82.4 Å². The number of halogens is 1. The molecule has 7 rings (SSSR count). The van der Waals surface area contributed by atoms with Crippen LogP contribution < -0.4 is 4.74 Å². The Morgan fingerprint density at radius 2 is 1.89 bits per heavy atom. The van der Waals surface area contributed by atoms with Crippen molar-refractivity contribution in [2.45, 2.75) is 112 Å². The Hall–Kier alpha value is -1.70. The maximum absolute atomic E-state index is 12.9. The van der Waals surface area contributed by atoms with E-state index in [1.165, 1.54) is 12.8 Å². The molecule has 4 fully saturated rings. The number of carbonyl (C=O) groups is 1. The summed E-state index contributed by atoms with van der Waals surface area (Å²) >= 11 is 0. The monoisotopic (exact) mass is 518 g/mol. The summed E-state index contributed by atoms with van der Waals surface area (Å²) in [5.41, 5.74) is 0.0365. The Balaban J connectivity index is 0.00000240. The molecule has 1 aromatic carbocycles. The van der Waals surface area contributed by atoms with E-state index in [0.29, 0.717) is 18.6 Å². The molecule has 0 unspecified atom stereocenters. The number of hydrogen-bond donors (Lipinski definition) is 3. The van der Waals surface area contributed by atoms with Gasteiger partial charge in [-0.2, -0.15) is 0 Å². The maximum atomic E-state index is 12.9. The fourth-order valence-electron chi connectivity index (χ4n) is 9.05. The Labute approximate surface area is 219 Å². The quantitative estimate of drug-likeness (QED) is 0.545. The maximum Gasteiger partial charge on any atom is 0.408 e. The minimum absolute atomic E-state index is 0. The number of rotatable bonds is 4. The summed E-state index contributed by atoms with van der Waals surface area (Å²) in [7, 11) is 0. The molecule has 3 saturated carbocycles. The van der Waals surface area contributed by atoms with Crippen molar-refractivity contribution in [1.29, 1.82) is 0 Å². The van der Waals surface area contributed by atoms with E-state index in [1.807, 2.05) is 6.07 Å². The molecule has 3 N–H and O–H groups in total. The Morgan fingerprint density at radius 3 is 2.58 bits per heavy atom. The summed E-state index contributed by atoms with van der Waals surface area (Å²) in [4.78, 5) is 17.1. The lowest BCUT2D eigenvalue weighted by Gasteiger charge is -2.65. The lowest BCUT2D eigenvalue weighted by atomic mass is 9.48. The molecule has 0 radical (unpaired) electrons. The van der Waals surface area contributed by atoms with Gasteiger partial charge in [-0.25, -0.2) is 4.79 Å². The second-order valence-electron chi connectivity index (χ2n) is 12.6. The van der Waals surface area contributed by atoms with Crippen LogP contribution in [0.2, 0.25) is 0 Å². The van der Waals surface area contributed by atoms with E-state index in [0.717, 1.165) is 75.1 Å².